The molecule has 2 aromatic carbocycles. The Morgan fingerprint density at radius 2 is 1.59 bits per heavy atom. The molecule has 0 radical (unpaired) electrons. The van der Waals surface area contributed by atoms with Gasteiger partial charge in [-0.1, -0.05) is 60.2 Å². The lowest BCUT2D eigenvalue weighted by Crippen LogP contribution is -2.03. The predicted molar refractivity (Wildman–Crippen MR) is 84.2 cm³/mol. The van der Waals surface area contributed by atoms with Crippen LogP contribution in [0, 0.1) is 6.92 Å². The minimum atomic E-state index is 0.546. The van der Waals surface area contributed by atoms with Gasteiger partial charge in [-0.2, -0.15) is 19.6 Å². The van der Waals surface area contributed by atoms with Crippen LogP contribution >= 0.6 is 0 Å². The zero-order valence-electron chi connectivity index (χ0n) is 12.0. The average Bonchev–Trinajstić information content (AvgIpc) is 3.04. The fraction of sp³-hybridized carbons (Fsp3) is 0.0588. The van der Waals surface area contributed by atoms with Crippen LogP contribution in [0.5, 0.6) is 0 Å². The van der Waals surface area contributed by atoms with E-state index in [1.54, 1.807) is 4.52 Å². The van der Waals surface area contributed by atoms with E-state index in [9.17, 15) is 0 Å². The summed E-state index contributed by atoms with van der Waals surface area (Å²) < 4.78 is 1.66. The molecule has 0 N–H and O–H groups in total. The molecule has 2 heterocycles. The van der Waals surface area contributed by atoms with Crippen molar-refractivity contribution in [3.8, 4) is 22.8 Å². The van der Waals surface area contributed by atoms with Gasteiger partial charge >= 0.3 is 0 Å². The summed E-state index contributed by atoms with van der Waals surface area (Å²) in [6, 6.07) is 18.1. The second-order valence-corrected chi connectivity index (χ2v) is 5.07. The summed E-state index contributed by atoms with van der Waals surface area (Å²) >= 11 is 0. The van der Waals surface area contributed by atoms with Crippen molar-refractivity contribution < 1.29 is 0 Å². The van der Waals surface area contributed by atoms with Crippen LogP contribution in [-0.2, 0) is 0 Å². The summed E-state index contributed by atoms with van der Waals surface area (Å²) in [4.78, 5) is 13.4. The van der Waals surface area contributed by atoms with E-state index in [2.05, 4.69) is 34.1 Å². The average molecular weight is 287 g/mol. The number of fused-ring (bicyclic) bond motifs is 1. The van der Waals surface area contributed by atoms with E-state index >= 15 is 0 Å². The SMILES string of the molecule is Cc1ccc(-c2nc(-c3ccccc3)nc3ncnn23)cc1. The van der Waals surface area contributed by atoms with Gasteiger partial charge in [0.15, 0.2) is 11.6 Å². The molecule has 0 spiro atoms. The quantitative estimate of drug-likeness (QED) is 0.568. The van der Waals surface area contributed by atoms with Crippen molar-refractivity contribution >= 4 is 5.78 Å². The zero-order valence-corrected chi connectivity index (χ0v) is 12.0. The molecule has 0 saturated carbocycles. The second kappa shape index (κ2) is 5.04. The predicted octanol–water partition coefficient (Wildman–Crippen LogP) is 3.16. The number of rotatable bonds is 2. The first-order valence-electron chi connectivity index (χ1n) is 7.01. The van der Waals surface area contributed by atoms with Crippen LogP contribution in [0.3, 0.4) is 0 Å². The van der Waals surface area contributed by atoms with E-state index in [1.807, 2.05) is 42.5 Å². The lowest BCUT2D eigenvalue weighted by atomic mass is 10.1. The van der Waals surface area contributed by atoms with E-state index in [0.717, 1.165) is 17.0 Å². The number of nitrogens with zero attached hydrogens (tertiary/aromatic N) is 5. The first kappa shape index (κ1) is 12.6. The molecule has 106 valence electrons. The maximum atomic E-state index is 4.69. The molecule has 0 amide bonds. The van der Waals surface area contributed by atoms with Crippen LogP contribution in [0.15, 0.2) is 60.9 Å². The largest absolute Gasteiger partial charge is 0.256 e. The van der Waals surface area contributed by atoms with Crippen molar-refractivity contribution in [1.29, 1.82) is 0 Å². The highest BCUT2D eigenvalue weighted by molar-refractivity contribution is 5.63. The molecule has 5 nitrogen and oxygen atoms in total. The Balaban J connectivity index is 1.97. The molecule has 0 saturated heterocycles. The molecular weight excluding hydrogens is 274 g/mol. The van der Waals surface area contributed by atoms with Crippen LogP contribution in [0.4, 0.5) is 0 Å². The molecule has 22 heavy (non-hydrogen) atoms. The Labute approximate surface area is 127 Å². The maximum Gasteiger partial charge on any atom is 0.256 e. The summed E-state index contributed by atoms with van der Waals surface area (Å²) in [5.74, 6) is 1.93. The van der Waals surface area contributed by atoms with Crippen LogP contribution < -0.4 is 0 Å². The van der Waals surface area contributed by atoms with E-state index in [4.69, 9.17) is 4.98 Å². The molecule has 0 aliphatic heterocycles. The Morgan fingerprint density at radius 1 is 0.818 bits per heavy atom. The second-order valence-electron chi connectivity index (χ2n) is 5.07. The first-order valence-corrected chi connectivity index (χ1v) is 7.01. The highest BCUT2D eigenvalue weighted by atomic mass is 15.3. The molecule has 0 aliphatic carbocycles. The summed E-state index contributed by atoms with van der Waals surface area (Å²) in [5.41, 5.74) is 3.15. The summed E-state index contributed by atoms with van der Waals surface area (Å²) in [6.45, 7) is 2.06. The lowest BCUT2D eigenvalue weighted by molar-refractivity contribution is 0.906. The molecule has 4 rings (SSSR count). The van der Waals surface area contributed by atoms with Gasteiger partial charge in [-0.3, -0.25) is 0 Å². The van der Waals surface area contributed by atoms with Crippen molar-refractivity contribution in [2.75, 3.05) is 0 Å². The van der Waals surface area contributed by atoms with Crippen molar-refractivity contribution in [1.82, 2.24) is 24.6 Å². The van der Waals surface area contributed by atoms with Gasteiger partial charge in [0, 0.05) is 11.1 Å². The topological polar surface area (TPSA) is 56.0 Å². The molecule has 0 atom stereocenters. The van der Waals surface area contributed by atoms with Gasteiger partial charge in [0.2, 0.25) is 0 Å². The Morgan fingerprint density at radius 3 is 2.36 bits per heavy atom. The molecule has 2 aromatic heterocycles. The van der Waals surface area contributed by atoms with Crippen molar-refractivity contribution in [2.24, 2.45) is 0 Å². The van der Waals surface area contributed by atoms with Gasteiger partial charge in [0.05, 0.1) is 0 Å². The first-order chi connectivity index (χ1) is 10.8. The van der Waals surface area contributed by atoms with Gasteiger partial charge < -0.3 is 0 Å². The number of benzene rings is 2. The summed E-state index contributed by atoms with van der Waals surface area (Å²) in [5, 5.41) is 4.23. The maximum absolute atomic E-state index is 4.69. The summed E-state index contributed by atoms with van der Waals surface area (Å²) in [7, 11) is 0. The van der Waals surface area contributed by atoms with Crippen LogP contribution in [0.1, 0.15) is 5.56 Å². The van der Waals surface area contributed by atoms with Gasteiger partial charge in [-0.15, -0.1) is 0 Å². The Kier molecular flexibility index (Phi) is 2.89. The number of hydrogen-bond acceptors (Lipinski definition) is 4. The van der Waals surface area contributed by atoms with Crippen molar-refractivity contribution in [3.05, 3.63) is 66.5 Å². The van der Waals surface area contributed by atoms with E-state index < -0.39 is 0 Å². The molecule has 5 heteroatoms. The third kappa shape index (κ3) is 2.13. The van der Waals surface area contributed by atoms with E-state index in [-0.39, 0.29) is 0 Å². The van der Waals surface area contributed by atoms with E-state index in [1.165, 1.54) is 11.9 Å². The van der Waals surface area contributed by atoms with Gasteiger partial charge in [0.25, 0.3) is 5.78 Å². The standard InChI is InChI=1S/C17H13N5/c1-12-7-9-14(10-8-12)16-20-15(13-5-3-2-4-6-13)21-17-18-11-19-22(16)17/h2-11H,1H3. The highest BCUT2D eigenvalue weighted by Gasteiger charge is 2.12. The third-order valence-electron chi connectivity index (χ3n) is 3.49. The summed E-state index contributed by atoms with van der Waals surface area (Å²) in [6.07, 6.45) is 1.50. The minimum absolute atomic E-state index is 0.546. The Bertz CT molecular complexity index is 926. The fourth-order valence-electron chi connectivity index (χ4n) is 2.33. The van der Waals surface area contributed by atoms with Crippen LogP contribution in [0.2, 0.25) is 0 Å². The molecule has 4 aromatic rings. The lowest BCUT2D eigenvalue weighted by Gasteiger charge is -2.07. The normalized spacial score (nSPS) is 11.0. The van der Waals surface area contributed by atoms with Gasteiger partial charge in [-0.05, 0) is 6.92 Å². The van der Waals surface area contributed by atoms with Gasteiger partial charge in [0.1, 0.15) is 6.33 Å². The van der Waals surface area contributed by atoms with Crippen molar-refractivity contribution in [2.45, 2.75) is 6.92 Å². The molecule has 0 unspecified atom stereocenters. The van der Waals surface area contributed by atoms with Gasteiger partial charge in [-0.25, -0.2) is 4.98 Å². The molecule has 0 bridgehead atoms. The fourth-order valence-corrected chi connectivity index (χ4v) is 2.33. The number of hydrogen-bond donors (Lipinski definition) is 0. The van der Waals surface area contributed by atoms with Crippen LogP contribution in [-0.4, -0.2) is 24.6 Å². The molecular formula is C17H13N5. The van der Waals surface area contributed by atoms with Crippen molar-refractivity contribution in [3.63, 3.8) is 0 Å². The van der Waals surface area contributed by atoms with E-state index in [0.29, 0.717) is 11.6 Å². The third-order valence-corrected chi connectivity index (χ3v) is 3.49. The van der Waals surface area contributed by atoms with Crippen LogP contribution in [0.25, 0.3) is 28.6 Å². The Hall–Kier alpha value is -3.08. The number of aryl methyl sites for hydroxylation is 1. The molecule has 0 aliphatic rings. The monoisotopic (exact) mass is 287 g/mol. The minimum Gasteiger partial charge on any atom is -0.208 e. The molecule has 0 fully saturated rings. The smallest absolute Gasteiger partial charge is 0.208 e. The zero-order chi connectivity index (χ0) is 14.9. The number of aromatic nitrogens is 5. The highest BCUT2D eigenvalue weighted by Crippen LogP contribution is 2.22.